The van der Waals surface area contributed by atoms with E-state index in [9.17, 15) is 9.59 Å². The molecule has 0 fully saturated rings. The number of ether oxygens (including phenoxy) is 1. The molecular formula is C14H20N2O3. The van der Waals surface area contributed by atoms with Gasteiger partial charge in [-0.25, -0.2) is 0 Å². The summed E-state index contributed by atoms with van der Waals surface area (Å²) < 4.78 is 5.08. The lowest BCUT2D eigenvalue weighted by atomic mass is 10.0. The first kappa shape index (κ1) is 15.1. The average Bonchev–Trinajstić information content (AvgIpc) is 2.36. The van der Waals surface area contributed by atoms with E-state index in [1.807, 2.05) is 20.8 Å². The van der Waals surface area contributed by atoms with Gasteiger partial charge in [0.25, 0.3) is 5.91 Å². The van der Waals surface area contributed by atoms with Gasteiger partial charge in [0.2, 0.25) is 6.10 Å². The number of amides is 1. The molecule has 1 rings (SSSR count). The van der Waals surface area contributed by atoms with E-state index >= 15 is 0 Å². The Bertz CT molecular complexity index is 443. The molecule has 104 valence electrons. The summed E-state index contributed by atoms with van der Waals surface area (Å²) >= 11 is 0. The third kappa shape index (κ3) is 4.69. The van der Waals surface area contributed by atoms with E-state index in [4.69, 9.17) is 4.74 Å². The summed E-state index contributed by atoms with van der Waals surface area (Å²) in [6.45, 7) is 7.07. The maximum absolute atomic E-state index is 12.2. The van der Waals surface area contributed by atoms with Crippen molar-refractivity contribution in [1.29, 1.82) is 0 Å². The highest BCUT2D eigenvalue weighted by Crippen LogP contribution is 2.18. The highest BCUT2D eigenvalue weighted by molar-refractivity contribution is 5.84. The van der Waals surface area contributed by atoms with Crippen LogP contribution in [0, 0.1) is 0 Å². The number of rotatable bonds is 5. The Kier molecular flexibility index (Phi) is 5.03. The number of nitrogens with zero attached hydrogens (tertiary/aromatic N) is 1. The van der Waals surface area contributed by atoms with E-state index in [0.29, 0.717) is 5.69 Å². The van der Waals surface area contributed by atoms with Crippen molar-refractivity contribution in [3.05, 3.63) is 30.1 Å². The zero-order valence-electron chi connectivity index (χ0n) is 11.8. The summed E-state index contributed by atoms with van der Waals surface area (Å²) in [5, 5.41) is 2.85. The first-order valence-corrected chi connectivity index (χ1v) is 6.26. The molecule has 0 saturated carbocycles. The van der Waals surface area contributed by atoms with Gasteiger partial charge in [-0.1, -0.05) is 13.0 Å². The second-order valence-electron chi connectivity index (χ2n) is 4.97. The maximum Gasteiger partial charge on any atom is 0.303 e. The van der Waals surface area contributed by atoms with Crippen LogP contribution in [0.2, 0.25) is 0 Å². The summed E-state index contributed by atoms with van der Waals surface area (Å²) in [5.41, 5.74) is 0.0617. The molecular weight excluding hydrogens is 244 g/mol. The summed E-state index contributed by atoms with van der Waals surface area (Å²) in [6, 6.07) is 5.14. The van der Waals surface area contributed by atoms with Gasteiger partial charge in [-0.05, 0) is 32.4 Å². The van der Waals surface area contributed by atoms with Gasteiger partial charge < -0.3 is 10.1 Å². The molecule has 1 aromatic rings. The minimum Gasteiger partial charge on any atom is -0.446 e. The lowest BCUT2D eigenvalue weighted by Crippen LogP contribution is -2.45. The van der Waals surface area contributed by atoms with Gasteiger partial charge in [0.05, 0.1) is 5.69 Å². The van der Waals surface area contributed by atoms with Crippen molar-refractivity contribution in [3.63, 3.8) is 0 Å². The average molecular weight is 264 g/mol. The van der Waals surface area contributed by atoms with Gasteiger partial charge in [-0.2, -0.15) is 0 Å². The van der Waals surface area contributed by atoms with Crippen LogP contribution in [0.3, 0.4) is 0 Å². The molecule has 1 unspecified atom stereocenters. The predicted molar refractivity (Wildman–Crippen MR) is 71.3 cm³/mol. The van der Waals surface area contributed by atoms with Crippen molar-refractivity contribution in [1.82, 2.24) is 10.3 Å². The van der Waals surface area contributed by atoms with Crippen LogP contribution in [-0.2, 0) is 14.3 Å². The molecule has 0 radical (unpaired) electrons. The number of hydrogen-bond acceptors (Lipinski definition) is 4. The van der Waals surface area contributed by atoms with Crippen molar-refractivity contribution in [3.8, 4) is 0 Å². The largest absolute Gasteiger partial charge is 0.446 e. The number of esters is 1. The molecule has 0 bridgehead atoms. The fraction of sp³-hybridized carbons (Fsp3) is 0.500. The second-order valence-corrected chi connectivity index (χ2v) is 4.97. The summed E-state index contributed by atoms with van der Waals surface area (Å²) in [6.07, 6.45) is 1.32. The van der Waals surface area contributed by atoms with Gasteiger partial charge in [0.15, 0.2) is 0 Å². The maximum atomic E-state index is 12.2. The van der Waals surface area contributed by atoms with E-state index in [-0.39, 0.29) is 11.4 Å². The summed E-state index contributed by atoms with van der Waals surface area (Å²) in [5.74, 6) is -0.874. The number of pyridine rings is 1. The number of hydrogen-bond donors (Lipinski definition) is 1. The first-order chi connectivity index (χ1) is 8.85. The van der Waals surface area contributed by atoms with Crippen LogP contribution in [-0.4, -0.2) is 22.4 Å². The highest BCUT2D eigenvalue weighted by Gasteiger charge is 2.29. The Hall–Kier alpha value is -1.91. The molecule has 19 heavy (non-hydrogen) atoms. The predicted octanol–water partition coefficient (Wildman–Crippen LogP) is 1.99. The third-order valence-corrected chi connectivity index (χ3v) is 2.82. The Labute approximate surface area is 113 Å². The first-order valence-electron chi connectivity index (χ1n) is 6.26. The molecule has 1 atom stereocenters. The van der Waals surface area contributed by atoms with Crippen molar-refractivity contribution in [2.45, 2.75) is 45.8 Å². The number of carbonyl (C=O) groups excluding carboxylic acids is 2. The van der Waals surface area contributed by atoms with Gasteiger partial charge in [-0.3, -0.25) is 14.6 Å². The zero-order chi connectivity index (χ0) is 14.5. The Morgan fingerprint density at radius 3 is 2.58 bits per heavy atom. The minimum atomic E-state index is -1.01. The van der Waals surface area contributed by atoms with E-state index in [0.717, 1.165) is 6.42 Å². The van der Waals surface area contributed by atoms with E-state index in [1.54, 1.807) is 24.4 Å². The summed E-state index contributed by atoms with van der Waals surface area (Å²) in [4.78, 5) is 27.4. The molecule has 5 heteroatoms. The number of carbonyl (C=O) groups is 2. The second kappa shape index (κ2) is 6.31. The lowest BCUT2D eigenvalue weighted by molar-refractivity contribution is -0.155. The fourth-order valence-electron chi connectivity index (χ4n) is 1.43. The standard InChI is InChI=1S/C14H20N2O3/c1-5-14(3,4)16-13(18)12(19-10(2)17)11-8-6-7-9-15-11/h6-9,12H,5H2,1-4H3,(H,16,18). The van der Waals surface area contributed by atoms with Crippen molar-refractivity contribution in [2.24, 2.45) is 0 Å². The normalized spacial score (nSPS) is 12.6. The van der Waals surface area contributed by atoms with Crippen molar-refractivity contribution >= 4 is 11.9 Å². The van der Waals surface area contributed by atoms with Crippen LogP contribution >= 0.6 is 0 Å². The number of aromatic nitrogens is 1. The smallest absolute Gasteiger partial charge is 0.303 e. The molecule has 0 aliphatic rings. The number of nitrogens with one attached hydrogen (secondary N) is 1. The highest BCUT2D eigenvalue weighted by atomic mass is 16.5. The van der Waals surface area contributed by atoms with E-state index in [2.05, 4.69) is 10.3 Å². The molecule has 0 aliphatic heterocycles. The molecule has 0 saturated heterocycles. The fourth-order valence-corrected chi connectivity index (χ4v) is 1.43. The molecule has 0 spiro atoms. The molecule has 0 aromatic carbocycles. The van der Waals surface area contributed by atoms with Crippen LogP contribution in [0.5, 0.6) is 0 Å². The Morgan fingerprint density at radius 2 is 2.11 bits per heavy atom. The van der Waals surface area contributed by atoms with Crippen molar-refractivity contribution in [2.75, 3.05) is 0 Å². The van der Waals surface area contributed by atoms with Gasteiger partial charge in [0, 0.05) is 18.7 Å². The van der Waals surface area contributed by atoms with Gasteiger partial charge in [0.1, 0.15) is 0 Å². The van der Waals surface area contributed by atoms with E-state index in [1.165, 1.54) is 6.92 Å². The topological polar surface area (TPSA) is 68.3 Å². The molecule has 5 nitrogen and oxygen atoms in total. The Morgan fingerprint density at radius 1 is 1.42 bits per heavy atom. The molecule has 1 N–H and O–H groups in total. The zero-order valence-corrected chi connectivity index (χ0v) is 11.8. The van der Waals surface area contributed by atoms with Gasteiger partial charge in [-0.15, -0.1) is 0 Å². The quantitative estimate of drug-likeness (QED) is 0.826. The van der Waals surface area contributed by atoms with Crippen LogP contribution < -0.4 is 5.32 Å². The van der Waals surface area contributed by atoms with Gasteiger partial charge >= 0.3 is 5.97 Å². The third-order valence-electron chi connectivity index (χ3n) is 2.82. The molecule has 1 aromatic heterocycles. The van der Waals surface area contributed by atoms with Crippen LogP contribution in [0.15, 0.2) is 24.4 Å². The van der Waals surface area contributed by atoms with Crippen LogP contribution in [0.4, 0.5) is 0 Å². The monoisotopic (exact) mass is 264 g/mol. The van der Waals surface area contributed by atoms with Crippen LogP contribution in [0.1, 0.15) is 45.9 Å². The Balaban J connectivity index is 2.92. The van der Waals surface area contributed by atoms with Crippen LogP contribution in [0.25, 0.3) is 0 Å². The SMILES string of the molecule is CCC(C)(C)NC(=O)C(OC(C)=O)c1ccccn1. The summed E-state index contributed by atoms with van der Waals surface area (Å²) in [7, 11) is 0. The molecule has 1 heterocycles. The lowest BCUT2D eigenvalue weighted by Gasteiger charge is -2.27. The van der Waals surface area contributed by atoms with E-state index < -0.39 is 12.1 Å². The minimum absolute atomic E-state index is 0.357. The molecule has 0 aliphatic carbocycles. The van der Waals surface area contributed by atoms with Crippen molar-refractivity contribution < 1.29 is 14.3 Å². The molecule has 1 amide bonds.